The summed E-state index contributed by atoms with van der Waals surface area (Å²) in [6.45, 7) is 5.33. The number of hydrogen-bond acceptors (Lipinski definition) is 5. The second-order valence-corrected chi connectivity index (χ2v) is 5.20. The van der Waals surface area contributed by atoms with E-state index in [0.717, 1.165) is 38.5 Å². The second-order valence-electron chi connectivity index (χ2n) is 5.20. The number of nitrogens with one attached hydrogen (secondary N) is 1. The molecule has 0 spiro atoms. The highest BCUT2D eigenvalue weighted by Crippen LogP contribution is 2.22. The Balaban J connectivity index is 1.84. The van der Waals surface area contributed by atoms with Crippen LogP contribution in [0, 0.1) is 0 Å². The fourth-order valence-electron chi connectivity index (χ4n) is 2.59. The first-order chi connectivity index (χ1) is 9.72. The van der Waals surface area contributed by atoms with Gasteiger partial charge in [-0.1, -0.05) is 6.07 Å². The molecule has 0 radical (unpaired) electrons. The van der Waals surface area contributed by atoms with Gasteiger partial charge in [-0.15, -0.1) is 0 Å². The number of aliphatic hydroxyl groups is 1. The summed E-state index contributed by atoms with van der Waals surface area (Å²) >= 11 is 0. The van der Waals surface area contributed by atoms with Gasteiger partial charge in [0.05, 0.1) is 13.2 Å². The standard InChI is InChI=1S/C15H25N3O2/c1-16-11-14(19)12-17-6-8-18(9-7-17)13-4-3-5-15(10-13)20-2/h3-5,10,14,16,19H,6-9,11-12H2,1-2H3. The zero-order valence-corrected chi connectivity index (χ0v) is 12.4. The molecule has 1 saturated heterocycles. The number of piperazine rings is 1. The van der Waals surface area contributed by atoms with Gasteiger partial charge in [-0.2, -0.15) is 0 Å². The van der Waals surface area contributed by atoms with Gasteiger partial charge in [-0.05, 0) is 19.2 Å². The molecule has 0 aliphatic carbocycles. The van der Waals surface area contributed by atoms with E-state index >= 15 is 0 Å². The third-order valence-electron chi connectivity index (χ3n) is 3.70. The molecule has 2 rings (SSSR count). The van der Waals surface area contributed by atoms with E-state index in [1.165, 1.54) is 5.69 Å². The van der Waals surface area contributed by atoms with Crippen molar-refractivity contribution in [2.75, 3.05) is 58.3 Å². The normalized spacial score (nSPS) is 18.1. The molecule has 1 aliphatic heterocycles. The highest BCUT2D eigenvalue weighted by Gasteiger charge is 2.19. The maximum absolute atomic E-state index is 9.82. The van der Waals surface area contributed by atoms with Crippen LogP contribution in [0.15, 0.2) is 24.3 Å². The van der Waals surface area contributed by atoms with E-state index in [4.69, 9.17) is 4.74 Å². The van der Waals surface area contributed by atoms with Crippen LogP contribution in [0.25, 0.3) is 0 Å². The Morgan fingerprint density at radius 3 is 2.70 bits per heavy atom. The summed E-state index contributed by atoms with van der Waals surface area (Å²) in [5, 5.41) is 12.8. The Morgan fingerprint density at radius 1 is 1.30 bits per heavy atom. The Morgan fingerprint density at radius 2 is 2.05 bits per heavy atom. The number of benzene rings is 1. The molecule has 5 nitrogen and oxygen atoms in total. The van der Waals surface area contributed by atoms with Gasteiger partial charge in [0.2, 0.25) is 0 Å². The lowest BCUT2D eigenvalue weighted by molar-refractivity contribution is 0.109. The third kappa shape index (κ3) is 4.10. The molecule has 0 saturated carbocycles. The number of hydrogen-bond donors (Lipinski definition) is 2. The second kappa shape index (κ2) is 7.47. The van der Waals surface area contributed by atoms with Gasteiger partial charge in [0.15, 0.2) is 0 Å². The summed E-state index contributed by atoms with van der Waals surface area (Å²) in [6, 6.07) is 8.19. The molecule has 5 heteroatoms. The SMILES string of the molecule is CNCC(O)CN1CCN(c2cccc(OC)c2)CC1. The number of β-amino-alcohol motifs (C(OH)–C–C–N with tert-alkyl or cyclic N) is 1. The topological polar surface area (TPSA) is 48.0 Å². The largest absolute Gasteiger partial charge is 0.497 e. The molecule has 1 heterocycles. The Hall–Kier alpha value is -1.30. The maximum atomic E-state index is 9.82. The molecule has 0 amide bonds. The van der Waals surface area contributed by atoms with Crippen LogP contribution in [0.4, 0.5) is 5.69 Å². The quantitative estimate of drug-likeness (QED) is 0.789. The number of methoxy groups -OCH3 is 1. The number of nitrogens with zero attached hydrogens (tertiary/aromatic N) is 2. The first-order valence-electron chi connectivity index (χ1n) is 7.17. The highest BCUT2D eigenvalue weighted by atomic mass is 16.5. The van der Waals surface area contributed by atoms with E-state index in [9.17, 15) is 5.11 Å². The van der Waals surface area contributed by atoms with E-state index < -0.39 is 0 Å². The van der Waals surface area contributed by atoms with Crippen LogP contribution in [0.5, 0.6) is 5.75 Å². The zero-order chi connectivity index (χ0) is 14.4. The number of rotatable bonds is 6. The lowest BCUT2D eigenvalue weighted by atomic mass is 10.2. The van der Waals surface area contributed by atoms with Gasteiger partial charge in [0.25, 0.3) is 0 Å². The smallest absolute Gasteiger partial charge is 0.120 e. The van der Waals surface area contributed by atoms with E-state index in [-0.39, 0.29) is 6.10 Å². The zero-order valence-electron chi connectivity index (χ0n) is 12.4. The van der Waals surface area contributed by atoms with E-state index in [0.29, 0.717) is 6.54 Å². The molecule has 1 aliphatic rings. The summed E-state index contributed by atoms with van der Waals surface area (Å²) in [7, 11) is 3.56. The molecule has 112 valence electrons. The molecule has 1 aromatic carbocycles. The lowest BCUT2D eigenvalue weighted by Crippen LogP contribution is -2.49. The van der Waals surface area contributed by atoms with E-state index in [2.05, 4.69) is 27.2 Å². The maximum Gasteiger partial charge on any atom is 0.120 e. The van der Waals surface area contributed by atoms with E-state index in [1.54, 1.807) is 7.11 Å². The Labute approximate surface area is 121 Å². The van der Waals surface area contributed by atoms with Gasteiger partial charge < -0.3 is 20.1 Å². The summed E-state index contributed by atoms with van der Waals surface area (Å²) in [5.41, 5.74) is 1.21. The van der Waals surface area contributed by atoms with Crippen molar-refractivity contribution >= 4 is 5.69 Å². The van der Waals surface area contributed by atoms with Crippen LogP contribution in [0.2, 0.25) is 0 Å². The first kappa shape index (κ1) is 15.1. The fraction of sp³-hybridized carbons (Fsp3) is 0.600. The predicted molar refractivity (Wildman–Crippen MR) is 81.6 cm³/mol. The minimum absolute atomic E-state index is 0.289. The molecule has 20 heavy (non-hydrogen) atoms. The van der Waals surface area contributed by atoms with Crippen molar-refractivity contribution < 1.29 is 9.84 Å². The van der Waals surface area contributed by atoms with Crippen molar-refractivity contribution in [3.63, 3.8) is 0 Å². The summed E-state index contributed by atoms with van der Waals surface area (Å²) in [6.07, 6.45) is -0.289. The van der Waals surface area contributed by atoms with Crippen molar-refractivity contribution in [3.8, 4) is 5.75 Å². The van der Waals surface area contributed by atoms with Crippen molar-refractivity contribution in [1.29, 1.82) is 0 Å². The van der Waals surface area contributed by atoms with Crippen LogP contribution >= 0.6 is 0 Å². The van der Waals surface area contributed by atoms with Crippen LogP contribution in [0.3, 0.4) is 0 Å². The molecule has 0 aromatic heterocycles. The molecule has 1 atom stereocenters. The van der Waals surface area contributed by atoms with Gasteiger partial charge in [0.1, 0.15) is 5.75 Å². The average molecular weight is 279 g/mol. The average Bonchev–Trinajstić information content (AvgIpc) is 2.48. The fourth-order valence-corrected chi connectivity index (χ4v) is 2.59. The molecular weight excluding hydrogens is 254 g/mol. The van der Waals surface area contributed by atoms with Crippen molar-refractivity contribution in [3.05, 3.63) is 24.3 Å². The monoisotopic (exact) mass is 279 g/mol. The Bertz CT molecular complexity index is 406. The van der Waals surface area contributed by atoms with Crippen LogP contribution in [-0.4, -0.2) is 69.5 Å². The predicted octanol–water partition coefficient (Wildman–Crippen LogP) is 0.398. The molecular formula is C15H25N3O2. The summed E-state index contributed by atoms with van der Waals surface area (Å²) in [5.74, 6) is 0.898. The Kier molecular flexibility index (Phi) is 5.64. The number of aliphatic hydroxyl groups excluding tert-OH is 1. The number of ether oxygens (including phenoxy) is 1. The van der Waals surface area contributed by atoms with Gasteiger partial charge in [0, 0.05) is 51.0 Å². The lowest BCUT2D eigenvalue weighted by Gasteiger charge is -2.37. The first-order valence-corrected chi connectivity index (χ1v) is 7.17. The van der Waals surface area contributed by atoms with Crippen molar-refractivity contribution in [1.82, 2.24) is 10.2 Å². The molecule has 0 bridgehead atoms. The van der Waals surface area contributed by atoms with Crippen molar-refractivity contribution in [2.45, 2.75) is 6.10 Å². The van der Waals surface area contributed by atoms with Crippen LogP contribution in [-0.2, 0) is 0 Å². The summed E-state index contributed by atoms with van der Waals surface area (Å²) < 4.78 is 5.27. The van der Waals surface area contributed by atoms with Gasteiger partial charge in [-0.25, -0.2) is 0 Å². The van der Waals surface area contributed by atoms with Crippen LogP contribution < -0.4 is 15.0 Å². The minimum Gasteiger partial charge on any atom is -0.497 e. The van der Waals surface area contributed by atoms with Gasteiger partial charge >= 0.3 is 0 Å². The number of anilines is 1. The number of likely N-dealkylation sites (N-methyl/N-ethyl adjacent to an activating group) is 1. The molecule has 2 N–H and O–H groups in total. The van der Waals surface area contributed by atoms with Crippen molar-refractivity contribution in [2.24, 2.45) is 0 Å². The third-order valence-corrected chi connectivity index (χ3v) is 3.70. The molecule has 1 aromatic rings. The molecule has 1 fully saturated rings. The summed E-state index contributed by atoms with van der Waals surface area (Å²) in [4.78, 5) is 4.68. The highest BCUT2D eigenvalue weighted by molar-refractivity contribution is 5.51. The van der Waals surface area contributed by atoms with E-state index in [1.807, 2.05) is 19.2 Å². The minimum atomic E-state index is -0.289. The molecule has 1 unspecified atom stereocenters. The van der Waals surface area contributed by atoms with Gasteiger partial charge in [-0.3, -0.25) is 4.90 Å². The van der Waals surface area contributed by atoms with Crippen LogP contribution in [0.1, 0.15) is 0 Å².